The molecule has 7 heteroatoms. The average molecular weight is 317 g/mol. The fraction of sp³-hybridized carbons (Fsp3) is 0.538. The maximum Gasteiger partial charge on any atom is 0.248 e. The molecule has 1 aromatic heterocycles. The van der Waals surface area contributed by atoms with Crippen molar-refractivity contribution in [2.75, 3.05) is 13.1 Å². The lowest BCUT2D eigenvalue weighted by atomic mass is 10.1. The van der Waals surface area contributed by atoms with Gasteiger partial charge in [-0.15, -0.1) is 11.3 Å². The molecule has 2 N–H and O–H groups in total. The van der Waals surface area contributed by atoms with Gasteiger partial charge in [0.1, 0.15) is 0 Å². The van der Waals surface area contributed by atoms with Crippen LogP contribution in [-0.2, 0) is 14.3 Å². The number of hydrogen-bond acceptors (Lipinski definition) is 4. The standard InChI is InChI=1S/C13H17ClN2O3S/c1-7-5-16(6-9(19-7)12(15)17)13(18)8(2)10-3-4-11(14)20-10/h3-4,7-9H,5-6H2,1-2H3,(H2,15,17)/t7-,8?,9?/m1/s1. The number of hydrogen-bond donors (Lipinski definition) is 1. The van der Waals surface area contributed by atoms with Crippen LogP contribution in [0.4, 0.5) is 0 Å². The quantitative estimate of drug-likeness (QED) is 0.920. The highest BCUT2D eigenvalue weighted by molar-refractivity contribution is 7.16. The average Bonchev–Trinajstić information content (AvgIpc) is 2.83. The first kappa shape index (κ1) is 15.3. The zero-order valence-electron chi connectivity index (χ0n) is 11.3. The summed E-state index contributed by atoms with van der Waals surface area (Å²) in [4.78, 5) is 26.3. The normalized spacial score (nSPS) is 24.4. The van der Waals surface area contributed by atoms with Crippen LogP contribution in [0.2, 0.25) is 4.34 Å². The number of primary amides is 1. The number of nitrogens with zero attached hydrogens (tertiary/aromatic N) is 1. The summed E-state index contributed by atoms with van der Waals surface area (Å²) >= 11 is 7.29. The SMILES string of the molecule is CC(C(=O)N1CC(C(N)=O)O[C@H](C)C1)c1ccc(Cl)s1. The zero-order valence-corrected chi connectivity index (χ0v) is 12.9. The highest BCUT2D eigenvalue weighted by atomic mass is 35.5. The van der Waals surface area contributed by atoms with E-state index in [1.54, 1.807) is 11.0 Å². The zero-order chi connectivity index (χ0) is 14.9. The van der Waals surface area contributed by atoms with Crippen LogP contribution in [0.3, 0.4) is 0 Å². The van der Waals surface area contributed by atoms with Gasteiger partial charge in [0.25, 0.3) is 0 Å². The summed E-state index contributed by atoms with van der Waals surface area (Å²) < 4.78 is 6.09. The molecule has 3 atom stereocenters. The molecule has 1 fully saturated rings. The highest BCUT2D eigenvalue weighted by Crippen LogP contribution is 2.29. The van der Waals surface area contributed by atoms with Crippen LogP contribution in [0.5, 0.6) is 0 Å². The predicted molar refractivity (Wildman–Crippen MR) is 77.9 cm³/mol. The first-order valence-electron chi connectivity index (χ1n) is 6.37. The Morgan fingerprint density at radius 3 is 2.75 bits per heavy atom. The van der Waals surface area contributed by atoms with Crippen molar-refractivity contribution < 1.29 is 14.3 Å². The Balaban J connectivity index is 2.09. The molecule has 0 aromatic carbocycles. The predicted octanol–water partition coefficient (Wildman–Crippen LogP) is 1.61. The van der Waals surface area contributed by atoms with Gasteiger partial charge in [-0.25, -0.2) is 0 Å². The summed E-state index contributed by atoms with van der Waals surface area (Å²) in [5.74, 6) is -0.864. The van der Waals surface area contributed by atoms with Gasteiger partial charge in [-0.3, -0.25) is 9.59 Å². The van der Waals surface area contributed by atoms with Gasteiger partial charge in [-0.05, 0) is 26.0 Å². The van der Waals surface area contributed by atoms with E-state index in [0.717, 1.165) is 4.88 Å². The van der Waals surface area contributed by atoms with E-state index in [1.807, 2.05) is 19.9 Å². The summed E-state index contributed by atoms with van der Waals surface area (Å²) in [5.41, 5.74) is 5.27. The summed E-state index contributed by atoms with van der Waals surface area (Å²) in [5, 5.41) is 0. The van der Waals surface area contributed by atoms with E-state index >= 15 is 0 Å². The molecule has 1 aromatic rings. The van der Waals surface area contributed by atoms with Gasteiger partial charge in [0, 0.05) is 11.4 Å². The van der Waals surface area contributed by atoms with Crippen molar-refractivity contribution in [2.45, 2.75) is 32.0 Å². The van der Waals surface area contributed by atoms with E-state index in [0.29, 0.717) is 10.9 Å². The minimum absolute atomic E-state index is 0.0371. The van der Waals surface area contributed by atoms with Crippen molar-refractivity contribution in [2.24, 2.45) is 5.73 Å². The van der Waals surface area contributed by atoms with Crippen molar-refractivity contribution >= 4 is 34.8 Å². The van der Waals surface area contributed by atoms with Crippen molar-refractivity contribution in [3.05, 3.63) is 21.3 Å². The molecule has 1 aliphatic rings. The monoisotopic (exact) mass is 316 g/mol. The van der Waals surface area contributed by atoms with Gasteiger partial charge in [0.15, 0.2) is 6.10 Å². The molecule has 110 valence electrons. The maximum absolute atomic E-state index is 12.5. The third-order valence-electron chi connectivity index (χ3n) is 3.28. The number of ether oxygens (including phenoxy) is 1. The summed E-state index contributed by atoms with van der Waals surface area (Å²) in [7, 11) is 0. The highest BCUT2D eigenvalue weighted by Gasteiger charge is 2.33. The Morgan fingerprint density at radius 2 is 2.20 bits per heavy atom. The van der Waals surface area contributed by atoms with Gasteiger partial charge in [0.05, 0.1) is 22.9 Å². The first-order valence-corrected chi connectivity index (χ1v) is 7.56. The second-order valence-corrected chi connectivity index (χ2v) is 6.69. The molecule has 2 amide bonds. The van der Waals surface area contributed by atoms with Crippen molar-refractivity contribution in [1.82, 2.24) is 4.90 Å². The second-order valence-electron chi connectivity index (χ2n) is 4.94. The lowest BCUT2D eigenvalue weighted by molar-refractivity contribution is -0.153. The van der Waals surface area contributed by atoms with Gasteiger partial charge in [-0.1, -0.05) is 11.6 Å². The number of nitrogens with two attached hydrogens (primary N) is 1. The lowest BCUT2D eigenvalue weighted by Crippen LogP contribution is -2.54. The van der Waals surface area contributed by atoms with Gasteiger partial charge in [0.2, 0.25) is 11.8 Å². The molecule has 0 saturated carbocycles. The summed E-state index contributed by atoms with van der Waals surface area (Å²) in [6.07, 6.45) is -0.939. The Hall–Kier alpha value is -1.11. The largest absolute Gasteiger partial charge is 0.367 e. The summed E-state index contributed by atoms with van der Waals surface area (Å²) in [6, 6.07) is 3.63. The Bertz CT molecular complexity index is 519. The Kier molecular flexibility index (Phi) is 4.67. The van der Waals surface area contributed by atoms with Crippen LogP contribution in [0.25, 0.3) is 0 Å². The molecule has 1 saturated heterocycles. The number of amides is 2. The van der Waals surface area contributed by atoms with E-state index < -0.39 is 12.0 Å². The lowest BCUT2D eigenvalue weighted by Gasteiger charge is -2.36. The minimum atomic E-state index is -0.734. The van der Waals surface area contributed by atoms with E-state index in [4.69, 9.17) is 22.1 Å². The molecule has 0 bridgehead atoms. The molecule has 2 rings (SSSR count). The van der Waals surface area contributed by atoms with Gasteiger partial charge < -0.3 is 15.4 Å². The van der Waals surface area contributed by atoms with Crippen LogP contribution >= 0.6 is 22.9 Å². The smallest absolute Gasteiger partial charge is 0.248 e. The number of halogens is 1. The number of carbonyl (C=O) groups is 2. The first-order chi connectivity index (χ1) is 9.38. The van der Waals surface area contributed by atoms with E-state index in [1.165, 1.54) is 11.3 Å². The van der Waals surface area contributed by atoms with Gasteiger partial charge >= 0.3 is 0 Å². The van der Waals surface area contributed by atoms with E-state index in [-0.39, 0.29) is 24.5 Å². The van der Waals surface area contributed by atoms with E-state index in [9.17, 15) is 9.59 Å². The molecule has 2 unspecified atom stereocenters. The van der Waals surface area contributed by atoms with Crippen molar-refractivity contribution in [3.63, 3.8) is 0 Å². The third-order valence-corrected chi connectivity index (χ3v) is 4.69. The van der Waals surface area contributed by atoms with Crippen LogP contribution in [0.1, 0.15) is 24.6 Å². The molecule has 0 spiro atoms. The molecule has 20 heavy (non-hydrogen) atoms. The third kappa shape index (κ3) is 3.31. The fourth-order valence-corrected chi connectivity index (χ4v) is 3.35. The second kappa shape index (κ2) is 6.11. The molecule has 1 aliphatic heterocycles. The van der Waals surface area contributed by atoms with Crippen molar-refractivity contribution in [1.29, 1.82) is 0 Å². The topological polar surface area (TPSA) is 72.6 Å². The van der Waals surface area contributed by atoms with Crippen LogP contribution in [0.15, 0.2) is 12.1 Å². The van der Waals surface area contributed by atoms with Gasteiger partial charge in [-0.2, -0.15) is 0 Å². The minimum Gasteiger partial charge on any atom is -0.367 e. The number of thiophene rings is 1. The number of rotatable bonds is 3. The Morgan fingerprint density at radius 1 is 1.50 bits per heavy atom. The molecule has 5 nitrogen and oxygen atoms in total. The molecule has 0 aliphatic carbocycles. The number of morpholine rings is 1. The number of carbonyl (C=O) groups excluding carboxylic acids is 2. The molecule has 2 heterocycles. The molecule has 0 radical (unpaired) electrons. The van der Waals surface area contributed by atoms with E-state index in [2.05, 4.69) is 0 Å². The van der Waals surface area contributed by atoms with Crippen molar-refractivity contribution in [3.8, 4) is 0 Å². The fourth-order valence-electron chi connectivity index (χ4n) is 2.25. The molecular formula is C13H17ClN2O3S. The van der Waals surface area contributed by atoms with Crippen LogP contribution in [0, 0.1) is 0 Å². The molecular weight excluding hydrogens is 300 g/mol. The van der Waals surface area contributed by atoms with Crippen LogP contribution in [-0.4, -0.2) is 42.0 Å². The summed E-state index contributed by atoms with van der Waals surface area (Å²) in [6.45, 7) is 4.33. The van der Waals surface area contributed by atoms with Crippen LogP contribution < -0.4 is 5.73 Å². The maximum atomic E-state index is 12.5. The Labute approximate surface area is 126 Å².